The summed E-state index contributed by atoms with van der Waals surface area (Å²) in [5, 5.41) is 3.69. The molecular weight excluding hydrogens is 348 g/mol. The SMILES string of the molecule is CCC[C@H](C)NC(=O)c1ccccc1-c1ncc(-c2ccc(Cl)cc2)o1. The fraction of sp³-hybridized carbons (Fsp3) is 0.238. The molecule has 0 aliphatic carbocycles. The van der Waals surface area contributed by atoms with Gasteiger partial charge < -0.3 is 9.73 Å². The number of oxazole rings is 1. The molecule has 0 saturated carbocycles. The first-order valence-corrected chi connectivity index (χ1v) is 9.08. The van der Waals surface area contributed by atoms with Crippen molar-refractivity contribution in [2.75, 3.05) is 0 Å². The number of amides is 1. The molecule has 3 aromatic rings. The van der Waals surface area contributed by atoms with Crippen molar-refractivity contribution in [1.82, 2.24) is 10.3 Å². The number of halogens is 1. The minimum Gasteiger partial charge on any atom is -0.436 e. The zero-order valence-corrected chi connectivity index (χ0v) is 15.6. The fourth-order valence-corrected chi connectivity index (χ4v) is 2.95. The number of hydrogen-bond donors (Lipinski definition) is 1. The third-order valence-corrected chi connectivity index (χ3v) is 4.39. The highest BCUT2D eigenvalue weighted by atomic mass is 35.5. The molecule has 1 aromatic heterocycles. The number of nitrogens with one attached hydrogen (secondary N) is 1. The summed E-state index contributed by atoms with van der Waals surface area (Å²) >= 11 is 5.93. The number of carbonyl (C=O) groups excluding carboxylic acids is 1. The average Bonchev–Trinajstić information content (AvgIpc) is 3.12. The van der Waals surface area contributed by atoms with E-state index in [9.17, 15) is 4.79 Å². The standard InChI is InChI=1S/C21H21ClN2O2/c1-3-6-14(2)24-20(25)17-7-4-5-8-18(17)21-23-13-19(26-21)15-9-11-16(22)12-10-15/h4-5,7-14H,3,6H2,1-2H3,(H,24,25)/t14-/m0/s1. The van der Waals surface area contributed by atoms with Gasteiger partial charge >= 0.3 is 0 Å². The number of nitrogens with zero attached hydrogens (tertiary/aromatic N) is 1. The molecule has 0 radical (unpaired) electrons. The molecule has 0 saturated heterocycles. The van der Waals surface area contributed by atoms with Crippen LogP contribution in [-0.4, -0.2) is 16.9 Å². The fourth-order valence-electron chi connectivity index (χ4n) is 2.82. The molecule has 2 aromatic carbocycles. The van der Waals surface area contributed by atoms with Gasteiger partial charge in [0.2, 0.25) is 5.89 Å². The second-order valence-corrected chi connectivity index (χ2v) is 6.68. The van der Waals surface area contributed by atoms with Gasteiger partial charge in [0, 0.05) is 22.2 Å². The highest BCUT2D eigenvalue weighted by molar-refractivity contribution is 6.30. The lowest BCUT2D eigenvalue weighted by Crippen LogP contribution is -2.32. The Bertz CT molecular complexity index is 887. The first-order chi connectivity index (χ1) is 12.6. The van der Waals surface area contributed by atoms with Crippen molar-refractivity contribution in [1.29, 1.82) is 0 Å². The molecular formula is C21H21ClN2O2. The summed E-state index contributed by atoms with van der Waals surface area (Å²) in [6.07, 6.45) is 3.62. The summed E-state index contributed by atoms with van der Waals surface area (Å²) in [4.78, 5) is 17.0. The normalized spacial score (nSPS) is 12.0. The van der Waals surface area contributed by atoms with Crippen LogP contribution < -0.4 is 5.32 Å². The number of hydrogen-bond acceptors (Lipinski definition) is 3. The number of rotatable bonds is 6. The monoisotopic (exact) mass is 368 g/mol. The van der Waals surface area contributed by atoms with Crippen LogP contribution in [0.4, 0.5) is 0 Å². The van der Waals surface area contributed by atoms with E-state index >= 15 is 0 Å². The van der Waals surface area contributed by atoms with Gasteiger partial charge in [-0.25, -0.2) is 4.98 Å². The molecule has 26 heavy (non-hydrogen) atoms. The van der Waals surface area contributed by atoms with Crippen LogP contribution in [0.2, 0.25) is 5.02 Å². The highest BCUT2D eigenvalue weighted by Crippen LogP contribution is 2.29. The first-order valence-electron chi connectivity index (χ1n) is 8.70. The van der Waals surface area contributed by atoms with Gasteiger partial charge in [-0.15, -0.1) is 0 Å². The quantitative estimate of drug-likeness (QED) is 0.617. The van der Waals surface area contributed by atoms with Gasteiger partial charge in [-0.3, -0.25) is 4.79 Å². The van der Waals surface area contributed by atoms with E-state index in [0.29, 0.717) is 27.8 Å². The number of aromatic nitrogens is 1. The lowest BCUT2D eigenvalue weighted by molar-refractivity contribution is 0.0938. The van der Waals surface area contributed by atoms with Crippen LogP contribution in [0.1, 0.15) is 37.0 Å². The van der Waals surface area contributed by atoms with Crippen LogP contribution >= 0.6 is 11.6 Å². The second-order valence-electron chi connectivity index (χ2n) is 6.25. The molecule has 3 rings (SSSR count). The minimum atomic E-state index is -0.118. The zero-order chi connectivity index (χ0) is 18.5. The smallest absolute Gasteiger partial charge is 0.252 e. The zero-order valence-electron chi connectivity index (χ0n) is 14.8. The van der Waals surface area contributed by atoms with E-state index in [1.165, 1.54) is 0 Å². The summed E-state index contributed by atoms with van der Waals surface area (Å²) in [7, 11) is 0. The van der Waals surface area contributed by atoms with Crippen molar-refractivity contribution in [3.8, 4) is 22.8 Å². The Kier molecular flexibility index (Phi) is 5.74. The van der Waals surface area contributed by atoms with E-state index in [-0.39, 0.29) is 11.9 Å². The third kappa shape index (κ3) is 4.14. The Labute approximate surface area is 158 Å². The average molecular weight is 369 g/mol. The lowest BCUT2D eigenvalue weighted by atomic mass is 10.1. The molecule has 1 heterocycles. The Morgan fingerprint density at radius 3 is 2.65 bits per heavy atom. The van der Waals surface area contributed by atoms with Crippen LogP contribution in [0.15, 0.2) is 59.1 Å². The summed E-state index contributed by atoms with van der Waals surface area (Å²) in [5.74, 6) is 0.933. The molecule has 1 atom stereocenters. The van der Waals surface area contributed by atoms with Gasteiger partial charge in [0.1, 0.15) is 0 Å². The Morgan fingerprint density at radius 1 is 1.19 bits per heavy atom. The lowest BCUT2D eigenvalue weighted by Gasteiger charge is -2.14. The Balaban J connectivity index is 1.88. The predicted molar refractivity (Wildman–Crippen MR) is 104 cm³/mol. The van der Waals surface area contributed by atoms with Gasteiger partial charge in [0.25, 0.3) is 5.91 Å². The van der Waals surface area contributed by atoms with Crippen LogP contribution in [0, 0.1) is 0 Å². The number of benzene rings is 2. The van der Waals surface area contributed by atoms with Crippen molar-refractivity contribution in [2.45, 2.75) is 32.7 Å². The van der Waals surface area contributed by atoms with Crippen molar-refractivity contribution >= 4 is 17.5 Å². The van der Waals surface area contributed by atoms with Crippen LogP contribution in [0.5, 0.6) is 0 Å². The maximum Gasteiger partial charge on any atom is 0.252 e. The topological polar surface area (TPSA) is 55.1 Å². The van der Waals surface area contributed by atoms with E-state index in [1.54, 1.807) is 24.4 Å². The van der Waals surface area contributed by atoms with Gasteiger partial charge in [0.05, 0.1) is 11.8 Å². The van der Waals surface area contributed by atoms with E-state index < -0.39 is 0 Å². The molecule has 1 amide bonds. The summed E-state index contributed by atoms with van der Waals surface area (Å²) in [6, 6.07) is 14.8. The largest absolute Gasteiger partial charge is 0.436 e. The van der Waals surface area contributed by atoms with Crippen molar-refractivity contribution in [3.63, 3.8) is 0 Å². The van der Waals surface area contributed by atoms with Gasteiger partial charge in [-0.2, -0.15) is 0 Å². The minimum absolute atomic E-state index is 0.118. The van der Waals surface area contributed by atoms with E-state index in [1.807, 2.05) is 37.3 Å². The van der Waals surface area contributed by atoms with Crippen molar-refractivity contribution < 1.29 is 9.21 Å². The maximum absolute atomic E-state index is 12.6. The maximum atomic E-state index is 12.6. The number of carbonyl (C=O) groups is 1. The van der Waals surface area contributed by atoms with Crippen molar-refractivity contribution in [3.05, 3.63) is 65.3 Å². The molecule has 134 valence electrons. The second kappa shape index (κ2) is 8.19. The molecule has 1 N–H and O–H groups in total. The molecule has 0 bridgehead atoms. The molecule has 0 aliphatic rings. The predicted octanol–water partition coefficient (Wildman–Crippen LogP) is 5.58. The van der Waals surface area contributed by atoms with Gasteiger partial charge in [0.15, 0.2) is 5.76 Å². The summed E-state index contributed by atoms with van der Waals surface area (Å²) in [5.41, 5.74) is 2.11. The van der Waals surface area contributed by atoms with Crippen LogP contribution in [0.25, 0.3) is 22.8 Å². The third-order valence-electron chi connectivity index (χ3n) is 4.14. The van der Waals surface area contributed by atoms with Crippen LogP contribution in [-0.2, 0) is 0 Å². The molecule has 5 heteroatoms. The first kappa shape index (κ1) is 18.2. The Morgan fingerprint density at radius 2 is 1.92 bits per heavy atom. The molecule has 0 spiro atoms. The van der Waals surface area contributed by atoms with E-state index in [4.69, 9.17) is 16.0 Å². The Hall–Kier alpha value is -2.59. The molecule has 0 unspecified atom stereocenters. The van der Waals surface area contributed by atoms with E-state index in [2.05, 4.69) is 17.2 Å². The van der Waals surface area contributed by atoms with Crippen LogP contribution in [0.3, 0.4) is 0 Å². The van der Waals surface area contributed by atoms with E-state index in [0.717, 1.165) is 18.4 Å². The molecule has 0 fully saturated rings. The summed E-state index contributed by atoms with van der Waals surface area (Å²) in [6.45, 7) is 4.11. The van der Waals surface area contributed by atoms with Gasteiger partial charge in [-0.05, 0) is 49.7 Å². The van der Waals surface area contributed by atoms with Gasteiger partial charge in [-0.1, -0.05) is 37.1 Å². The summed E-state index contributed by atoms with van der Waals surface area (Å²) < 4.78 is 5.90. The highest BCUT2D eigenvalue weighted by Gasteiger charge is 2.18. The van der Waals surface area contributed by atoms with Crippen molar-refractivity contribution in [2.24, 2.45) is 0 Å². The molecule has 0 aliphatic heterocycles. The molecule has 4 nitrogen and oxygen atoms in total.